The minimum atomic E-state index is 0.267. The van der Waals surface area contributed by atoms with Gasteiger partial charge < -0.3 is 14.8 Å². The lowest BCUT2D eigenvalue weighted by atomic mass is 10.0. The van der Waals surface area contributed by atoms with E-state index in [0.717, 1.165) is 19.4 Å². The molecule has 0 saturated carbocycles. The normalized spacial score (nSPS) is 12.6. The molecule has 1 atom stereocenters. The standard InChI is InChI=1S/C16H27NO2/c1-4-9-17-16(13-19-11-10-18-3)15-8-6-7-14(5-2)12-15/h6-8,12,16-17H,4-5,9-11,13H2,1-3H3. The number of hydrogen-bond acceptors (Lipinski definition) is 3. The number of nitrogens with one attached hydrogen (secondary N) is 1. The molecule has 108 valence electrons. The van der Waals surface area contributed by atoms with E-state index in [1.54, 1.807) is 7.11 Å². The summed E-state index contributed by atoms with van der Waals surface area (Å²) in [5.74, 6) is 0. The van der Waals surface area contributed by atoms with E-state index in [9.17, 15) is 0 Å². The van der Waals surface area contributed by atoms with Gasteiger partial charge in [0.05, 0.1) is 25.9 Å². The van der Waals surface area contributed by atoms with Gasteiger partial charge in [0, 0.05) is 7.11 Å². The van der Waals surface area contributed by atoms with Gasteiger partial charge in [-0.3, -0.25) is 0 Å². The van der Waals surface area contributed by atoms with E-state index in [4.69, 9.17) is 9.47 Å². The monoisotopic (exact) mass is 265 g/mol. The van der Waals surface area contributed by atoms with Crippen LogP contribution in [0.5, 0.6) is 0 Å². The van der Waals surface area contributed by atoms with Gasteiger partial charge in [-0.05, 0) is 30.5 Å². The average Bonchev–Trinajstić information content (AvgIpc) is 2.46. The molecule has 0 aliphatic heterocycles. The number of benzene rings is 1. The van der Waals surface area contributed by atoms with Crippen LogP contribution in [0.3, 0.4) is 0 Å². The van der Waals surface area contributed by atoms with Gasteiger partial charge in [-0.1, -0.05) is 38.1 Å². The second-order valence-corrected chi connectivity index (χ2v) is 4.67. The highest BCUT2D eigenvalue weighted by molar-refractivity contribution is 5.26. The number of ether oxygens (including phenoxy) is 2. The van der Waals surface area contributed by atoms with Gasteiger partial charge in [0.2, 0.25) is 0 Å². The summed E-state index contributed by atoms with van der Waals surface area (Å²) in [5, 5.41) is 3.55. The zero-order valence-electron chi connectivity index (χ0n) is 12.4. The van der Waals surface area contributed by atoms with Crippen molar-refractivity contribution in [1.82, 2.24) is 5.32 Å². The average molecular weight is 265 g/mol. The fraction of sp³-hybridized carbons (Fsp3) is 0.625. The maximum Gasteiger partial charge on any atom is 0.0701 e. The number of rotatable bonds is 10. The molecule has 1 rings (SSSR count). The van der Waals surface area contributed by atoms with E-state index in [2.05, 4.69) is 43.4 Å². The maximum atomic E-state index is 5.67. The Kier molecular flexibility index (Phi) is 8.47. The second-order valence-electron chi connectivity index (χ2n) is 4.67. The lowest BCUT2D eigenvalue weighted by molar-refractivity contribution is 0.0586. The van der Waals surface area contributed by atoms with E-state index in [1.807, 2.05) is 0 Å². The summed E-state index contributed by atoms with van der Waals surface area (Å²) in [5.41, 5.74) is 2.68. The molecule has 0 heterocycles. The Morgan fingerprint density at radius 2 is 2.05 bits per heavy atom. The summed E-state index contributed by atoms with van der Waals surface area (Å²) in [6, 6.07) is 9.01. The van der Waals surface area contributed by atoms with Gasteiger partial charge in [-0.15, -0.1) is 0 Å². The molecule has 0 radical (unpaired) electrons. The Balaban J connectivity index is 2.60. The third-order valence-electron chi connectivity index (χ3n) is 3.12. The highest BCUT2D eigenvalue weighted by Gasteiger charge is 2.11. The van der Waals surface area contributed by atoms with Crippen molar-refractivity contribution in [3.8, 4) is 0 Å². The molecular formula is C16H27NO2. The molecular weight excluding hydrogens is 238 g/mol. The summed E-state index contributed by atoms with van der Waals surface area (Å²) in [6.07, 6.45) is 2.20. The Morgan fingerprint density at radius 1 is 1.21 bits per heavy atom. The quantitative estimate of drug-likeness (QED) is 0.660. The van der Waals surface area contributed by atoms with Gasteiger partial charge in [0.15, 0.2) is 0 Å². The molecule has 0 bridgehead atoms. The Bertz CT molecular complexity index is 341. The fourth-order valence-corrected chi connectivity index (χ4v) is 1.96. The molecule has 0 spiro atoms. The number of aryl methyl sites for hydroxylation is 1. The molecule has 3 nitrogen and oxygen atoms in total. The third kappa shape index (κ3) is 6.19. The summed E-state index contributed by atoms with van der Waals surface area (Å²) in [6.45, 7) is 7.36. The Morgan fingerprint density at radius 3 is 2.74 bits per heavy atom. The van der Waals surface area contributed by atoms with E-state index in [0.29, 0.717) is 19.8 Å². The lowest BCUT2D eigenvalue weighted by Gasteiger charge is -2.19. The van der Waals surface area contributed by atoms with Gasteiger partial charge in [0.1, 0.15) is 0 Å². The van der Waals surface area contributed by atoms with Gasteiger partial charge in [-0.2, -0.15) is 0 Å². The smallest absolute Gasteiger partial charge is 0.0701 e. The van der Waals surface area contributed by atoms with E-state index < -0.39 is 0 Å². The van der Waals surface area contributed by atoms with Crippen molar-refractivity contribution in [3.05, 3.63) is 35.4 Å². The van der Waals surface area contributed by atoms with Crippen molar-refractivity contribution in [1.29, 1.82) is 0 Å². The highest BCUT2D eigenvalue weighted by Crippen LogP contribution is 2.16. The molecule has 3 heteroatoms. The molecule has 1 N–H and O–H groups in total. The van der Waals surface area contributed by atoms with Crippen LogP contribution in [0.4, 0.5) is 0 Å². The molecule has 19 heavy (non-hydrogen) atoms. The van der Waals surface area contributed by atoms with Crippen LogP contribution in [0, 0.1) is 0 Å². The minimum Gasteiger partial charge on any atom is -0.382 e. The van der Waals surface area contributed by atoms with Crippen LogP contribution in [0.15, 0.2) is 24.3 Å². The number of hydrogen-bond donors (Lipinski definition) is 1. The van der Waals surface area contributed by atoms with E-state index >= 15 is 0 Å². The van der Waals surface area contributed by atoms with Crippen LogP contribution < -0.4 is 5.32 Å². The number of methoxy groups -OCH3 is 1. The summed E-state index contributed by atoms with van der Waals surface area (Å²) in [7, 11) is 1.70. The van der Waals surface area contributed by atoms with E-state index in [1.165, 1.54) is 11.1 Å². The molecule has 0 aliphatic rings. The van der Waals surface area contributed by atoms with E-state index in [-0.39, 0.29) is 6.04 Å². The zero-order chi connectivity index (χ0) is 13.9. The van der Waals surface area contributed by atoms with Crippen LogP contribution in [-0.4, -0.2) is 33.5 Å². The van der Waals surface area contributed by atoms with Crippen molar-refractivity contribution >= 4 is 0 Å². The van der Waals surface area contributed by atoms with Crippen LogP contribution in [-0.2, 0) is 15.9 Å². The van der Waals surface area contributed by atoms with Crippen molar-refractivity contribution < 1.29 is 9.47 Å². The van der Waals surface area contributed by atoms with Gasteiger partial charge >= 0.3 is 0 Å². The first-order chi connectivity index (χ1) is 9.31. The summed E-state index contributed by atoms with van der Waals surface area (Å²) in [4.78, 5) is 0. The first kappa shape index (κ1) is 16.2. The summed E-state index contributed by atoms with van der Waals surface area (Å²) >= 11 is 0. The first-order valence-electron chi connectivity index (χ1n) is 7.20. The molecule has 0 saturated heterocycles. The predicted octanol–water partition coefficient (Wildman–Crippen LogP) is 2.95. The van der Waals surface area contributed by atoms with Crippen molar-refractivity contribution in [3.63, 3.8) is 0 Å². The SMILES string of the molecule is CCCNC(COCCOC)c1cccc(CC)c1. The van der Waals surface area contributed by atoms with Crippen LogP contribution in [0.2, 0.25) is 0 Å². The van der Waals surface area contributed by atoms with Crippen molar-refractivity contribution in [2.24, 2.45) is 0 Å². The fourth-order valence-electron chi connectivity index (χ4n) is 1.96. The first-order valence-corrected chi connectivity index (χ1v) is 7.20. The molecule has 1 aromatic rings. The highest BCUT2D eigenvalue weighted by atomic mass is 16.5. The molecule has 1 aromatic carbocycles. The van der Waals surface area contributed by atoms with Crippen LogP contribution >= 0.6 is 0 Å². The van der Waals surface area contributed by atoms with Crippen LogP contribution in [0.1, 0.15) is 37.4 Å². The lowest BCUT2D eigenvalue weighted by Crippen LogP contribution is -2.27. The zero-order valence-corrected chi connectivity index (χ0v) is 12.4. The summed E-state index contributed by atoms with van der Waals surface area (Å²) < 4.78 is 10.7. The molecule has 1 unspecified atom stereocenters. The van der Waals surface area contributed by atoms with Crippen molar-refractivity contribution in [2.75, 3.05) is 33.5 Å². The minimum absolute atomic E-state index is 0.267. The molecule has 0 aliphatic carbocycles. The Labute approximate surface area is 117 Å². The molecule has 0 fully saturated rings. The topological polar surface area (TPSA) is 30.5 Å². The van der Waals surface area contributed by atoms with Crippen LogP contribution in [0.25, 0.3) is 0 Å². The maximum absolute atomic E-state index is 5.67. The molecule has 0 amide bonds. The Hall–Kier alpha value is -0.900. The predicted molar refractivity (Wildman–Crippen MR) is 79.5 cm³/mol. The second kappa shape index (κ2) is 9.96. The third-order valence-corrected chi connectivity index (χ3v) is 3.12. The van der Waals surface area contributed by atoms with Gasteiger partial charge in [-0.25, -0.2) is 0 Å². The van der Waals surface area contributed by atoms with Crippen molar-refractivity contribution in [2.45, 2.75) is 32.7 Å². The largest absolute Gasteiger partial charge is 0.382 e. The van der Waals surface area contributed by atoms with Gasteiger partial charge in [0.25, 0.3) is 0 Å². The molecule has 0 aromatic heterocycles.